The van der Waals surface area contributed by atoms with Crippen molar-refractivity contribution in [2.45, 2.75) is 13.3 Å². The summed E-state index contributed by atoms with van der Waals surface area (Å²) in [6.07, 6.45) is 4.28. The van der Waals surface area contributed by atoms with Crippen LogP contribution in [0.4, 0.5) is 0 Å². The van der Waals surface area contributed by atoms with Crippen molar-refractivity contribution in [3.8, 4) is 11.1 Å². The van der Waals surface area contributed by atoms with E-state index in [-0.39, 0.29) is 17.7 Å². The van der Waals surface area contributed by atoms with Gasteiger partial charge < -0.3 is 9.80 Å². The van der Waals surface area contributed by atoms with Crippen LogP contribution in [0.5, 0.6) is 0 Å². The minimum absolute atomic E-state index is 0.0196. The molecule has 0 bridgehead atoms. The van der Waals surface area contributed by atoms with Gasteiger partial charge in [-0.3, -0.25) is 9.59 Å². The molecular formula is C22H24N4O2. The van der Waals surface area contributed by atoms with E-state index < -0.39 is 0 Å². The van der Waals surface area contributed by atoms with Crippen molar-refractivity contribution in [2.24, 2.45) is 5.92 Å². The maximum Gasteiger partial charge on any atom is 0.253 e. The molecular weight excluding hydrogens is 352 g/mol. The Morgan fingerprint density at radius 1 is 1.21 bits per heavy atom. The number of benzene rings is 1. The highest BCUT2D eigenvalue weighted by Crippen LogP contribution is 2.25. The molecule has 1 aliphatic heterocycles. The van der Waals surface area contributed by atoms with Crippen LogP contribution in [-0.4, -0.2) is 57.9 Å². The summed E-state index contributed by atoms with van der Waals surface area (Å²) in [6, 6.07) is 13.6. The lowest BCUT2D eigenvalue weighted by Crippen LogP contribution is -2.33. The van der Waals surface area contributed by atoms with E-state index in [4.69, 9.17) is 0 Å². The summed E-state index contributed by atoms with van der Waals surface area (Å²) in [5.74, 6) is 0.374. The van der Waals surface area contributed by atoms with Gasteiger partial charge in [-0.2, -0.15) is 5.10 Å². The highest BCUT2D eigenvalue weighted by Gasteiger charge is 2.30. The first-order valence-electron chi connectivity index (χ1n) is 9.63. The number of amides is 2. The van der Waals surface area contributed by atoms with Gasteiger partial charge in [0.1, 0.15) is 0 Å². The fraction of sp³-hybridized carbons (Fsp3) is 0.318. The average molecular weight is 376 g/mol. The molecule has 6 heteroatoms. The lowest BCUT2D eigenvalue weighted by molar-refractivity contribution is -0.127. The maximum atomic E-state index is 12.8. The van der Waals surface area contributed by atoms with Gasteiger partial charge in [0.15, 0.2) is 0 Å². The molecule has 1 atom stereocenters. The number of aromatic nitrogens is 2. The molecule has 2 aromatic heterocycles. The normalized spacial score (nSPS) is 16.7. The van der Waals surface area contributed by atoms with Crippen LogP contribution in [0.25, 0.3) is 16.6 Å². The predicted molar refractivity (Wildman–Crippen MR) is 108 cm³/mol. The topological polar surface area (TPSA) is 57.9 Å². The van der Waals surface area contributed by atoms with Crippen molar-refractivity contribution in [1.29, 1.82) is 0 Å². The van der Waals surface area contributed by atoms with Crippen molar-refractivity contribution in [3.05, 3.63) is 60.4 Å². The number of likely N-dealkylation sites (tertiary alicyclic amines) is 1. The Kier molecular flexibility index (Phi) is 4.86. The molecule has 1 aromatic carbocycles. The molecule has 0 spiro atoms. The first kappa shape index (κ1) is 18.2. The zero-order chi connectivity index (χ0) is 19.7. The Balaban J connectivity index is 1.46. The molecule has 6 nitrogen and oxygen atoms in total. The van der Waals surface area contributed by atoms with Crippen molar-refractivity contribution in [2.75, 3.05) is 26.7 Å². The minimum Gasteiger partial charge on any atom is -0.343 e. The van der Waals surface area contributed by atoms with Crippen LogP contribution < -0.4 is 0 Å². The Hall–Kier alpha value is -3.15. The van der Waals surface area contributed by atoms with Gasteiger partial charge in [-0.05, 0) is 36.8 Å². The van der Waals surface area contributed by atoms with Crippen LogP contribution in [-0.2, 0) is 4.79 Å². The van der Waals surface area contributed by atoms with Gasteiger partial charge in [0, 0.05) is 56.3 Å². The van der Waals surface area contributed by atoms with Gasteiger partial charge in [-0.15, -0.1) is 0 Å². The number of pyridine rings is 1. The molecule has 1 saturated heterocycles. The molecule has 1 fully saturated rings. The largest absolute Gasteiger partial charge is 0.343 e. The van der Waals surface area contributed by atoms with E-state index in [1.54, 1.807) is 11.9 Å². The summed E-state index contributed by atoms with van der Waals surface area (Å²) >= 11 is 0. The maximum absolute atomic E-state index is 12.8. The quantitative estimate of drug-likeness (QED) is 0.688. The molecule has 3 aromatic rings. The van der Waals surface area contributed by atoms with Gasteiger partial charge in [0.25, 0.3) is 5.91 Å². The van der Waals surface area contributed by atoms with Crippen LogP contribution in [0, 0.1) is 5.92 Å². The zero-order valence-electron chi connectivity index (χ0n) is 16.2. The number of carbonyl (C=O) groups excluding carboxylic acids is 2. The van der Waals surface area contributed by atoms with Crippen LogP contribution in [0.3, 0.4) is 0 Å². The molecule has 0 radical (unpaired) electrons. The Bertz CT molecular complexity index is 1010. The summed E-state index contributed by atoms with van der Waals surface area (Å²) in [6.45, 7) is 4.05. The Morgan fingerprint density at radius 3 is 2.71 bits per heavy atom. The molecule has 144 valence electrons. The van der Waals surface area contributed by atoms with Gasteiger partial charge in [-0.1, -0.05) is 18.2 Å². The summed E-state index contributed by atoms with van der Waals surface area (Å²) in [5, 5.41) is 4.37. The van der Waals surface area contributed by atoms with E-state index in [0.717, 1.165) is 29.7 Å². The van der Waals surface area contributed by atoms with Crippen LogP contribution in [0.2, 0.25) is 0 Å². The molecule has 1 aliphatic rings. The summed E-state index contributed by atoms with van der Waals surface area (Å²) in [4.78, 5) is 28.3. The van der Waals surface area contributed by atoms with Crippen LogP contribution in [0.15, 0.2) is 54.9 Å². The smallest absolute Gasteiger partial charge is 0.253 e. The number of rotatable bonds is 5. The number of hydrogen-bond donors (Lipinski definition) is 0. The number of fused-ring (bicyclic) bond motifs is 1. The first-order valence-corrected chi connectivity index (χ1v) is 9.63. The SMILES string of the molecule is CCN1C[C@@H](CN(C)C(=O)c2ccc(-c3cnn4ccccc34)cc2)CC1=O. The van der Waals surface area contributed by atoms with Crippen LogP contribution >= 0.6 is 0 Å². The molecule has 4 rings (SSSR count). The van der Waals surface area contributed by atoms with Crippen molar-refractivity contribution in [3.63, 3.8) is 0 Å². The lowest BCUT2D eigenvalue weighted by Gasteiger charge is -2.21. The van der Waals surface area contributed by atoms with Gasteiger partial charge >= 0.3 is 0 Å². The Labute approximate surface area is 164 Å². The lowest BCUT2D eigenvalue weighted by atomic mass is 10.0. The zero-order valence-corrected chi connectivity index (χ0v) is 16.2. The first-order chi connectivity index (χ1) is 13.6. The second kappa shape index (κ2) is 7.46. The molecule has 0 unspecified atom stereocenters. The fourth-order valence-electron chi connectivity index (χ4n) is 3.92. The van der Waals surface area contributed by atoms with Crippen molar-refractivity contribution in [1.82, 2.24) is 19.4 Å². The third-order valence-corrected chi connectivity index (χ3v) is 5.42. The molecule has 2 amide bonds. The number of hydrogen-bond acceptors (Lipinski definition) is 3. The van der Waals surface area contributed by atoms with Crippen LogP contribution in [0.1, 0.15) is 23.7 Å². The molecule has 28 heavy (non-hydrogen) atoms. The van der Waals surface area contributed by atoms with E-state index >= 15 is 0 Å². The van der Waals surface area contributed by atoms with Crippen molar-refractivity contribution < 1.29 is 9.59 Å². The highest BCUT2D eigenvalue weighted by atomic mass is 16.2. The monoisotopic (exact) mass is 376 g/mol. The fourth-order valence-corrected chi connectivity index (χ4v) is 3.92. The summed E-state index contributed by atoms with van der Waals surface area (Å²) in [7, 11) is 1.81. The van der Waals surface area contributed by atoms with Gasteiger partial charge in [0.05, 0.1) is 11.7 Å². The van der Waals surface area contributed by atoms with E-state index in [9.17, 15) is 9.59 Å². The standard InChI is InChI=1S/C22H24N4O2/c1-3-25-15-16(12-21(25)27)14-24(2)22(28)18-9-7-17(8-10-18)19-13-23-26-11-5-4-6-20(19)26/h4-11,13,16H,3,12,14-15H2,1-2H3/t16-/m1/s1. The Morgan fingerprint density at radius 2 is 2.00 bits per heavy atom. The predicted octanol–water partition coefficient (Wildman–Crippen LogP) is 2.94. The van der Waals surface area contributed by atoms with E-state index in [1.165, 1.54) is 0 Å². The van der Waals surface area contributed by atoms with Gasteiger partial charge in [0.2, 0.25) is 5.91 Å². The number of nitrogens with zero attached hydrogens (tertiary/aromatic N) is 4. The van der Waals surface area contributed by atoms with E-state index in [2.05, 4.69) is 5.10 Å². The molecule has 3 heterocycles. The third-order valence-electron chi connectivity index (χ3n) is 5.42. The molecule has 0 N–H and O–H groups in total. The van der Waals surface area contributed by atoms with Crippen molar-refractivity contribution >= 4 is 17.3 Å². The summed E-state index contributed by atoms with van der Waals surface area (Å²) < 4.78 is 1.84. The van der Waals surface area contributed by atoms with Gasteiger partial charge in [-0.25, -0.2) is 4.52 Å². The summed E-state index contributed by atoms with van der Waals surface area (Å²) in [5.41, 5.74) is 3.75. The minimum atomic E-state index is -0.0196. The second-order valence-corrected chi connectivity index (χ2v) is 7.35. The molecule has 0 aliphatic carbocycles. The molecule has 0 saturated carbocycles. The van der Waals surface area contributed by atoms with E-state index in [0.29, 0.717) is 18.5 Å². The third kappa shape index (κ3) is 3.38. The van der Waals surface area contributed by atoms with E-state index in [1.807, 2.05) is 71.2 Å². The second-order valence-electron chi connectivity index (χ2n) is 7.35. The average Bonchev–Trinajstić information content (AvgIpc) is 3.30. The highest BCUT2D eigenvalue weighted by molar-refractivity contribution is 5.95. The number of carbonyl (C=O) groups is 2.